The molecule has 206 valence electrons. The van der Waals surface area contributed by atoms with E-state index in [4.69, 9.17) is 4.74 Å². The number of nitrogens with zero attached hydrogens (tertiary/aromatic N) is 2. The number of carbonyl (C=O) groups excluding carboxylic acids is 2. The van der Waals surface area contributed by atoms with Gasteiger partial charge >= 0.3 is 5.97 Å². The number of likely N-dealkylation sites (N-methyl/N-ethyl adjacent to an activating group) is 1. The van der Waals surface area contributed by atoms with Crippen LogP contribution in [0.1, 0.15) is 36.1 Å². The summed E-state index contributed by atoms with van der Waals surface area (Å²) in [4.78, 5) is 28.1. The topological polar surface area (TPSA) is 84.0 Å². The Bertz CT molecular complexity index is 1640. The minimum Gasteiger partial charge on any atom is -0.455 e. The van der Waals surface area contributed by atoms with Crippen molar-refractivity contribution in [3.63, 3.8) is 0 Å². The van der Waals surface area contributed by atoms with Crippen molar-refractivity contribution < 1.29 is 22.7 Å². The van der Waals surface area contributed by atoms with E-state index in [1.807, 2.05) is 80.6 Å². The molecule has 0 aliphatic carbocycles. The summed E-state index contributed by atoms with van der Waals surface area (Å²) in [6, 6.07) is 27.1. The first-order chi connectivity index (χ1) is 19.3. The molecule has 0 radical (unpaired) electrons. The molecule has 4 aromatic rings. The summed E-state index contributed by atoms with van der Waals surface area (Å²) in [5.74, 6) is -0.978. The molecule has 0 fully saturated rings. The smallest absolute Gasteiger partial charge is 0.308 e. The van der Waals surface area contributed by atoms with E-state index >= 15 is 0 Å². The maximum absolute atomic E-state index is 13.7. The van der Waals surface area contributed by atoms with Gasteiger partial charge in [-0.15, -0.1) is 0 Å². The number of benzene rings is 4. The summed E-state index contributed by atoms with van der Waals surface area (Å²) in [5, 5.41) is 1.94. The van der Waals surface area contributed by atoms with E-state index in [0.717, 1.165) is 33.2 Å². The Balaban J connectivity index is 1.35. The Morgan fingerprint density at radius 1 is 0.925 bits per heavy atom. The van der Waals surface area contributed by atoms with Gasteiger partial charge in [0.05, 0.1) is 23.0 Å². The first kappa shape index (κ1) is 27.6. The van der Waals surface area contributed by atoms with E-state index in [-0.39, 0.29) is 23.8 Å². The van der Waals surface area contributed by atoms with Gasteiger partial charge in [0.15, 0.2) is 6.61 Å². The largest absolute Gasteiger partial charge is 0.455 e. The van der Waals surface area contributed by atoms with Crippen molar-refractivity contribution in [2.45, 2.75) is 37.6 Å². The lowest BCUT2D eigenvalue weighted by molar-refractivity contribution is -0.148. The first-order valence-corrected chi connectivity index (χ1v) is 14.8. The monoisotopic (exact) mass is 556 g/mol. The molecular formula is C32H32N2O5S. The summed E-state index contributed by atoms with van der Waals surface area (Å²) in [7, 11) is -3.87. The molecule has 1 amide bonds. The minimum atomic E-state index is -3.87. The van der Waals surface area contributed by atoms with Gasteiger partial charge in [-0.1, -0.05) is 78.4 Å². The standard InChI is InChI=1S/C32H32N2O5S/c1-3-33(29-14-8-11-24-9-4-6-12-27(24)29)31(35)22-39-32(36)21-30-28-13-7-5-10-25(28)19-20-34(30)40(37,38)26-17-15-23(2)16-18-26/h4-18,30H,3,19-22H2,1-2H3/t30-/m1/s1. The molecule has 1 heterocycles. The zero-order valence-electron chi connectivity index (χ0n) is 22.6. The summed E-state index contributed by atoms with van der Waals surface area (Å²) in [6.07, 6.45) is 0.345. The molecule has 1 atom stereocenters. The maximum Gasteiger partial charge on any atom is 0.308 e. The fourth-order valence-corrected chi connectivity index (χ4v) is 6.94. The van der Waals surface area contributed by atoms with Crippen LogP contribution >= 0.6 is 0 Å². The molecule has 40 heavy (non-hydrogen) atoms. The summed E-state index contributed by atoms with van der Waals surface area (Å²) < 4.78 is 34.2. The lowest BCUT2D eigenvalue weighted by atomic mass is 9.92. The predicted octanol–water partition coefficient (Wildman–Crippen LogP) is 5.42. The number of carbonyl (C=O) groups is 2. The van der Waals surface area contributed by atoms with Crippen LogP contribution in [0.3, 0.4) is 0 Å². The van der Waals surface area contributed by atoms with Crippen molar-refractivity contribution in [3.05, 3.63) is 108 Å². The average Bonchev–Trinajstić information content (AvgIpc) is 2.97. The molecule has 0 bridgehead atoms. The van der Waals surface area contributed by atoms with Gasteiger partial charge in [-0.05, 0) is 55.0 Å². The number of rotatable bonds is 8. The third-order valence-electron chi connectivity index (χ3n) is 7.38. The number of esters is 1. The summed E-state index contributed by atoms with van der Waals surface area (Å²) >= 11 is 0. The normalized spacial score (nSPS) is 15.4. The predicted molar refractivity (Wildman–Crippen MR) is 156 cm³/mol. The molecule has 1 aliphatic heterocycles. The van der Waals surface area contributed by atoms with E-state index in [2.05, 4.69) is 0 Å². The molecule has 7 nitrogen and oxygen atoms in total. The van der Waals surface area contributed by atoms with Crippen molar-refractivity contribution in [1.29, 1.82) is 0 Å². The molecule has 8 heteroatoms. The van der Waals surface area contributed by atoms with Gasteiger partial charge in [0.1, 0.15) is 0 Å². The zero-order chi connectivity index (χ0) is 28.3. The van der Waals surface area contributed by atoms with Gasteiger partial charge in [0.2, 0.25) is 10.0 Å². The molecule has 1 aliphatic rings. The molecule has 0 saturated carbocycles. The van der Waals surface area contributed by atoms with E-state index in [1.54, 1.807) is 29.2 Å². The van der Waals surface area contributed by atoms with Crippen LogP contribution in [0.2, 0.25) is 0 Å². The highest BCUT2D eigenvalue weighted by Crippen LogP contribution is 2.36. The Labute approximate surface area is 235 Å². The Kier molecular flexibility index (Phi) is 8.00. The van der Waals surface area contributed by atoms with Crippen LogP contribution < -0.4 is 4.90 Å². The van der Waals surface area contributed by atoms with Gasteiger partial charge in [-0.3, -0.25) is 9.59 Å². The summed E-state index contributed by atoms with van der Waals surface area (Å²) in [5.41, 5.74) is 3.48. The van der Waals surface area contributed by atoms with Crippen LogP contribution in [0.5, 0.6) is 0 Å². The van der Waals surface area contributed by atoms with Crippen LogP contribution in [0.15, 0.2) is 95.9 Å². The molecule has 0 spiro atoms. The van der Waals surface area contributed by atoms with Gasteiger partial charge in [-0.25, -0.2) is 8.42 Å². The summed E-state index contributed by atoms with van der Waals surface area (Å²) in [6.45, 7) is 3.98. The Morgan fingerprint density at radius 3 is 2.40 bits per heavy atom. The number of aryl methyl sites for hydroxylation is 1. The van der Waals surface area contributed by atoms with E-state index in [9.17, 15) is 18.0 Å². The van der Waals surface area contributed by atoms with E-state index < -0.39 is 28.6 Å². The number of sulfonamides is 1. The highest BCUT2D eigenvalue weighted by Gasteiger charge is 2.38. The number of ether oxygens (including phenoxy) is 1. The van der Waals surface area contributed by atoms with E-state index in [0.29, 0.717) is 13.0 Å². The van der Waals surface area contributed by atoms with Crippen LogP contribution in [-0.2, 0) is 30.8 Å². The molecule has 5 rings (SSSR count). The van der Waals surface area contributed by atoms with Gasteiger partial charge in [-0.2, -0.15) is 4.31 Å². The van der Waals surface area contributed by atoms with Gasteiger partial charge in [0.25, 0.3) is 5.91 Å². The fourth-order valence-electron chi connectivity index (χ4n) is 5.34. The van der Waals surface area contributed by atoms with Crippen molar-refractivity contribution >= 4 is 38.4 Å². The van der Waals surface area contributed by atoms with E-state index in [1.165, 1.54) is 4.31 Å². The lowest BCUT2D eigenvalue weighted by Gasteiger charge is -2.36. The second-order valence-corrected chi connectivity index (χ2v) is 11.8. The molecule has 0 unspecified atom stereocenters. The number of hydrogen-bond donors (Lipinski definition) is 0. The van der Waals surface area contributed by atoms with Crippen LogP contribution in [0, 0.1) is 6.92 Å². The lowest BCUT2D eigenvalue weighted by Crippen LogP contribution is -2.41. The first-order valence-electron chi connectivity index (χ1n) is 13.4. The van der Waals surface area contributed by atoms with Crippen molar-refractivity contribution in [3.8, 4) is 0 Å². The van der Waals surface area contributed by atoms with Crippen molar-refractivity contribution in [1.82, 2.24) is 4.31 Å². The quantitative estimate of drug-likeness (QED) is 0.271. The maximum atomic E-state index is 13.7. The SMILES string of the molecule is CCN(C(=O)COC(=O)C[C@@H]1c2ccccc2CCN1S(=O)(=O)c1ccc(C)cc1)c1cccc2ccccc12. The zero-order valence-corrected chi connectivity index (χ0v) is 23.4. The highest BCUT2D eigenvalue weighted by atomic mass is 32.2. The van der Waals surface area contributed by atoms with Crippen LogP contribution in [0.4, 0.5) is 5.69 Å². The second kappa shape index (κ2) is 11.6. The Morgan fingerprint density at radius 2 is 1.62 bits per heavy atom. The number of anilines is 1. The average molecular weight is 557 g/mol. The van der Waals surface area contributed by atoms with Crippen molar-refractivity contribution in [2.24, 2.45) is 0 Å². The van der Waals surface area contributed by atoms with Crippen molar-refractivity contribution in [2.75, 3.05) is 24.6 Å². The Hall–Kier alpha value is -4.01. The van der Waals surface area contributed by atoms with Gasteiger partial charge < -0.3 is 9.64 Å². The third-order valence-corrected chi connectivity index (χ3v) is 9.30. The minimum absolute atomic E-state index is 0.180. The van der Waals surface area contributed by atoms with Crippen LogP contribution in [-0.4, -0.2) is 44.3 Å². The highest BCUT2D eigenvalue weighted by molar-refractivity contribution is 7.89. The second-order valence-electron chi connectivity index (χ2n) is 9.89. The molecular weight excluding hydrogens is 524 g/mol. The fraction of sp³-hybridized carbons (Fsp3) is 0.250. The molecule has 0 saturated heterocycles. The van der Waals surface area contributed by atoms with Gasteiger partial charge in [0, 0.05) is 18.5 Å². The molecule has 0 N–H and O–H groups in total. The molecule has 0 aromatic heterocycles. The van der Waals surface area contributed by atoms with Crippen LogP contribution in [0.25, 0.3) is 10.8 Å². The number of amides is 1. The third kappa shape index (κ3) is 5.50. The number of hydrogen-bond acceptors (Lipinski definition) is 5. The number of fused-ring (bicyclic) bond motifs is 2. The molecule has 4 aromatic carbocycles.